The summed E-state index contributed by atoms with van der Waals surface area (Å²) in [7, 11) is 2.36. The van der Waals surface area contributed by atoms with Gasteiger partial charge >= 0.3 is 0 Å². The summed E-state index contributed by atoms with van der Waals surface area (Å²) in [6.45, 7) is 0. The van der Waals surface area contributed by atoms with Crippen molar-refractivity contribution < 1.29 is 23.4 Å². The summed E-state index contributed by atoms with van der Waals surface area (Å²) in [5, 5.41) is 9.36. The fraction of sp³-hybridized carbons (Fsp3) is 0.250. The Kier molecular flexibility index (Phi) is 3.15. The van der Waals surface area contributed by atoms with Crippen molar-refractivity contribution >= 4 is 15.9 Å². The van der Waals surface area contributed by atoms with Crippen LogP contribution in [-0.4, -0.2) is 19.3 Å². The van der Waals surface area contributed by atoms with Gasteiger partial charge in [-0.2, -0.15) is 4.39 Å². The second-order valence-electron chi connectivity index (χ2n) is 2.36. The predicted octanol–water partition coefficient (Wildman–Crippen LogP) is 2.45. The van der Waals surface area contributed by atoms with E-state index in [0.29, 0.717) is 0 Å². The quantitative estimate of drug-likeness (QED) is 0.838. The minimum Gasteiger partial charge on any atom is -0.503 e. The lowest BCUT2D eigenvalue weighted by molar-refractivity contribution is 0.308. The Morgan fingerprint density at radius 2 is 1.57 bits per heavy atom. The minimum absolute atomic E-state index is 0.252. The van der Waals surface area contributed by atoms with Gasteiger partial charge in [0, 0.05) is 0 Å². The van der Waals surface area contributed by atoms with Crippen LogP contribution in [0.2, 0.25) is 0 Å². The maximum atomic E-state index is 13.2. The van der Waals surface area contributed by atoms with E-state index in [1.54, 1.807) is 0 Å². The van der Waals surface area contributed by atoms with Gasteiger partial charge in [-0.3, -0.25) is 0 Å². The van der Waals surface area contributed by atoms with Crippen LogP contribution < -0.4 is 9.47 Å². The number of benzene rings is 1. The Labute approximate surface area is 87.4 Å². The van der Waals surface area contributed by atoms with Crippen LogP contribution in [0.1, 0.15) is 0 Å². The van der Waals surface area contributed by atoms with Crippen LogP contribution >= 0.6 is 15.9 Å². The van der Waals surface area contributed by atoms with Gasteiger partial charge in [0.05, 0.1) is 14.2 Å². The van der Waals surface area contributed by atoms with E-state index in [1.807, 2.05) is 0 Å². The first-order chi connectivity index (χ1) is 6.54. The molecule has 0 aliphatic heterocycles. The fourth-order valence-corrected chi connectivity index (χ4v) is 1.33. The van der Waals surface area contributed by atoms with Crippen LogP contribution in [0.3, 0.4) is 0 Å². The second-order valence-corrected chi connectivity index (χ2v) is 3.15. The molecule has 78 valence electrons. The van der Waals surface area contributed by atoms with Crippen LogP contribution in [0.25, 0.3) is 0 Å². The van der Waals surface area contributed by atoms with Crippen molar-refractivity contribution in [2.24, 2.45) is 0 Å². The first-order valence-corrected chi connectivity index (χ1v) is 4.31. The zero-order chi connectivity index (χ0) is 10.9. The van der Waals surface area contributed by atoms with E-state index in [1.165, 1.54) is 7.11 Å². The molecule has 0 bridgehead atoms. The Hall–Kier alpha value is -1.04. The van der Waals surface area contributed by atoms with E-state index in [4.69, 9.17) is 0 Å². The molecule has 0 heterocycles. The van der Waals surface area contributed by atoms with Crippen LogP contribution in [0.4, 0.5) is 8.78 Å². The summed E-state index contributed by atoms with van der Waals surface area (Å²) < 4.78 is 35.0. The molecular formula is C8H7BrF2O3. The molecule has 1 rings (SSSR count). The van der Waals surface area contributed by atoms with Crippen LogP contribution in [0, 0.1) is 11.6 Å². The molecule has 1 N–H and O–H groups in total. The van der Waals surface area contributed by atoms with Crippen molar-refractivity contribution in [1.82, 2.24) is 0 Å². The number of halogens is 3. The third-order valence-electron chi connectivity index (χ3n) is 1.62. The van der Waals surface area contributed by atoms with Gasteiger partial charge in [0.25, 0.3) is 0 Å². The SMILES string of the molecule is COc1c(O)c(Br)c(F)c(F)c1OC. The number of phenolic OH excluding ortho intramolecular Hbond substituents is 1. The molecule has 0 unspecified atom stereocenters. The highest BCUT2D eigenvalue weighted by Gasteiger charge is 2.24. The molecule has 0 radical (unpaired) electrons. The van der Waals surface area contributed by atoms with Gasteiger partial charge in [0.15, 0.2) is 11.6 Å². The standard InChI is InChI=1S/C8H7BrF2O3/c1-13-7-5(11)4(10)3(9)6(12)8(7)14-2/h12H,1-2H3. The largest absolute Gasteiger partial charge is 0.503 e. The number of aromatic hydroxyl groups is 1. The molecule has 1 aromatic carbocycles. The molecule has 0 atom stereocenters. The van der Waals surface area contributed by atoms with Gasteiger partial charge in [0.1, 0.15) is 4.47 Å². The van der Waals surface area contributed by atoms with E-state index in [9.17, 15) is 13.9 Å². The summed E-state index contributed by atoms with van der Waals surface area (Å²) in [4.78, 5) is 0. The summed E-state index contributed by atoms with van der Waals surface area (Å²) in [5.41, 5.74) is 0. The maximum absolute atomic E-state index is 13.2. The third kappa shape index (κ3) is 1.50. The highest BCUT2D eigenvalue weighted by molar-refractivity contribution is 9.10. The minimum atomic E-state index is -1.22. The van der Waals surface area contributed by atoms with Gasteiger partial charge in [-0.1, -0.05) is 0 Å². The molecule has 0 amide bonds. The molecule has 3 nitrogen and oxygen atoms in total. The smallest absolute Gasteiger partial charge is 0.207 e. The highest BCUT2D eigenvalue weighted by Crippen LogP contribution is 2.45. The lowest BCUT2D eigenvalue weighted by Gasteiger charge is -2.12. The molecule has 0 fully saturated rings. The number of ether oxygens (including phenoxy) is 2. The van der Waals surface area contributed by atoms with Crippen molar-refractivity contribution in [2.45, 2.75) is 0 Å². The molecule has 0 aromatic heterocycles. The first-order valence-electron chi connectivity index (χ1n) is 3.52. The molecule has 0 aliphatic rings. The fourth-order valence-electron chi connectivity index (χ4n) is 0.979. The number of rotatable bonds is 2. The zero-order valence-electron chi connectivity index (χ0n) is 7.40. The van der Waals surface area contributed by atoms with Gasteiger partial charge in [-0.05, 0) is 15.9 Å². The van der Waals surface area contributed by atoms with Crippen molar-refractivity contribution in [1.29, 1.82) is 0 Å². The van der Waals surface area contributed by atoms with Crippen molar-refractivity contribution in [3.63, 3.8) is 0 Å². The maximum Gasteiger partial charge on any atom is 0.207 e. The predicted molar refractivity (Wildman–Crippen MR) is 48.8 cm³/mol. The third-order valence-corrected chi connectivity index (χ3v) is 2.35. The normalized spacial score (nSPS) is 10.1. The second kappa shape index (κ2) is 4.00. The summed E-state index contributed by atoms with van der Waals surface area (Å²) in [6, 6.07) is 0. The van der Waals surface area contributed by atoms with Crippen molar-refractivity contribution in [2.75, 3.05) is 14.2 Å². The number of hydrogen-bond acceptors (Lipinski definition) is 3. The van der Waals surface area contributed by atoms with Crippen molar-refractivity contribution in [3.05, 3.63) is 16.1 Å². The molecular weight excluding hydrogens is 262 g/mol. The molecule has 1 aromatic rings. The lowest BCUT2D eigenvalue weighted by Crippen LogP contribution is -1.98. The molecule has 0 saturated carbocycles. The average Bonchev–Trinajstić information content (AvgIpc) is 2.20. The van der Waals surface area contributed by atoms with E-state index < -0.39 is 27.6 Å². The number of hydrogen-bond donors (Lipinski definition) is 1. The Morgan fingerprint density at radius 3 is 2.00 bits per heavy atom. The molecule has 0 aliphatic carbocycles. The summed E-state index contributed by atoms with van der Waals surface area (Å²) >= 11 is 2.68. The topological polar surface area (TPSA) is 38.7 Å². The Balaban J connectivity index is 3.57. The van der Waals surface area contributed by atoms with Gasteiger partial charge < -0.3 is 14.6 Å². The van der Waals surface area contributed by atoms with Gasteiger partial charge in [0.2, 0.25) is 17.3 Å². The first kappa shape index (κ1) is 11.0. The van der Waals surface area contributed by atoms with Crippen LogP contribution in [0.5, 0.6) is 17.2 Å². The highest BCUT2D eigenvalue weighted by atomic mass is 79.9. The van der Waals surface area contributed by atoms with Crippen LogP contribution in [0.15, 0.2) is 4.47 Å². The molecule has 0 spiro atoms. The van der Waals surface area contributed by atoms with E-state index in [2.05, 4.69) is 25.4 Å². The Morgan fingerprint density at radius 1 is 1.07 bits per heavy atom. The Bertz CT molecular complexity index is 333. The average molecular weight is 269 g/mol. The molecule has 6 heteroatoms. The van der Waals surface area contributed by atoms with Crippen LogP contribution in [-0.2, 0) is 0 Å². The monoisotopic (exact) mass is 268 g/mol. The zero-order valence-corrected chi connectivity index (χ0v) is 8.98. The van der Waals surface area contributed by atoms with E-state index >= 15 is 0 Å². The lowest BCUT2D eigenvalue weighted by atomic mass is 10.2. The van der Waals surface area contributed by atoms with Gasteiger partial charge in [-0.25, -0.2) is 4.39 Å². The summed E-state index contributed by atoms with van der Waals surface area (Å²) in [5.74, 6) is -3.69. The molecule has 14 heavy (non-hydrogen) atoms. The van der Waals surface area contributed by atoms with Crippen molar-refractivity contribution in [3.8, 4) is 17.2 Å². The number of phenols is 1. The van der Waals surface area contributed by atoms with Gasteiger partial charge in [-0.15, -0.1) is 0 Å². The number of methoxy groups -OCH3 is 2. The molecule has 0 saturated heterocycles. The summed E-state index contributed by atoms with van der Waals surface area (Å²) in [6.07, 6.45) is 0. The van der Waals surface area contributed by atoms with E-state index in [0.717, 1.165) is 7.11 Å². The van der Waals surface area contributed by atoms with E-state index in [-0.39, 0.29) is 5.75 Å².